The summed E-state index contributed by atoms with van der Waals surface area (Å²) in [7, 11) is -4.29. The molecule has 1 unspecified atom stereocenters. The molecule has 166 valence electrons. The number of nitrogens with one attached hydrogen (secondary N) is 1. The van der Waals surface area contributed by atoms with E-state index in [2.05, 4.69) is 15.0 Å². The lowest BCUT2D eigenvalue weighted by molar-refractivity contribution is -0.0250. The normalized spacial score (nSPS) is 23.5. The van der Waals surface area contributed by atoms with Gasteiger partial charge in [0.15, 0.2) is 0 Å². The number of H-pyrrole nitrogens is 1. The molecule has 1 aliphatic heterocycles. The highest BCUT2D eigenvalue weighted by Gasteiger charge is 2.41. The van der Waals surface area contributed by atoms with Gasteiger partial charge < -0.3 is 15.0 Å². The van der Waals surface area contributed by atoms with Crippen molar-refractivity contribution in [1.82, 2.24) is 9.55 Å². The van der Waals surface area contributed by atoms with Crippen LogP contribution in [0.15, 0.2) is 20.9 Å². The number of ether oxygens (including phenoxy) is 1. The number of primary amides is 1. The van der Waals surface area contributed by atoms with Crippen molar-refractivity contribution in [3.63, 3.8) is 0 Å². The van der Waals surface area contributed by atoms with Crippen LogP contribution in [0.2, 0.25) is 0 Å². The molecule has 14 heteroatoms. The van der Waals surface area contributed by atoms with E-state index in [1.807, 2.05) is 20.8 Å². The van der Waals surface area contributed by atoms with E-state index in [-0.39, 0.29) is 18.6 Å². The maximum Gasteiger partial charge on any atom is 0.418 e. The zero-order valence-electron chi connectivity index (χ0n) is 17.1. The number of aromatic nitrogens is 2. The first kappa shape index (κ1) is 23.8. The average Bonchev–Trinajstić information content (AvgIpc) is 3.03. The second-order valence-electron chi connectivity index (χ2n) is 8.08. The SMILES string of the molecule is Cc1cn([C@H]2C[C@H](N=[N+]=[N-])[C@@H](COP(=O)(OCC(C)(C)C)C(N)=O)O2)c(=O)[nH]c1=O. The van der Waals surface area contributed by atoms with Gasteiger partial charge in [0.2, 0.25) is 0 Å². The second-order valence-corrected chi connectivity index (χ2v) is 10.0. The van der Waals surface area contributed by atoms with Gasteiger partial charge in [0, 0.05) is 23.1 Å². The lowest BCUT2D eigenvalue weighted by Crippen LogP contribution is -2.33. The molecule has 0 radical (unpaired) electrons. The highest BCUT2D eigenvalue weighted by Crippen LogP contribution is 2.50. The minimum absolute atomic E-state index is 0.0484. The van der Waals surface area contributed by atoms with Crippen LogP contribution in [0.25, 0.3) is 10.4 Å². The van der Waals surface area contributed by atoms with Crippen LogP contribution in [0.5, 0.6) is 0 Å². The third-order valence-corrected chi connectivity index (χ3v) is 5.70. The number of azide groups is 1. The number of nitrogens with zero attached hydrogens (tertiary/aromatic N) is 4. The maximum atomic E-state index is 12.7. The van der Waals surface area contributed by atoms with Crippen molar-refractivity contribution in [2.24, 2.45) is 16.3 Å². The van der Waals surface area contributed by atoms with E-state index in [0.29, 0.717) is 0 Å². The van der Waals surface area contributed by atoms with Crippen molar-refractivity contribution in [3.05, 3.63) is 43.0 Å². The predicted octanol–water partition coefficient (Wildman–Crippen LogP) is 2.16. The van der Waals surface area contributed by atoms with Gasteiger partial charge in [-0.3, -0.25) is 23.7 Å². The van der Waals surface area contributed by atoms with Crippen molar-refractivity contribution >= 4 is 13.2 Å². The van der Waals surface area contributed by atoms with Gasteiger partial charge in [0.1, 0.15) is 6.23 Å². The van der Waals surface area contributed by atoms with Crippen molar-refractivity contribution in [1.29, 1.82) is 0 Å². The fourth-order valence-electron chi connectivity index (χ4n) is 2.64. The average molecular weight is 444 g/mol. The minimum atomic E-state index is -4.29. The molecule has 0 bridgehead atoms. The van der Waals surface area contributed by atoms with Crippen LogP contribution in [-0.4, -0.2) is 40.6 Å². The second kappa shape index (κ2) is 9.15. The Morgan fingerprint density at radius 3 is 2.70 bits per heavy atom. The molecule has 13 nitrogen and oxygen atoms in total. The maximum absolute atomic E-state index is 12.7. The first-order chi connectivity index (χ1) is 13.9. The first-order valence-corrected chi connectivity index (χ1v) is 10.6. The van der Waals surface area contributed by atoms with E-state index in [1.54, 1.807) is 0 Å². The van der Waals surface area contributed by atoms with E-state index < -0.39 is 54.9 Å². The number of carbonyl (C=O) groups is 1. The molecule has 1 aromatic heterocycles. The van der Waals surface area contributed by atoms with Gasteiger partial charge >= 0.3 is 18.9 Å². The highest BCUT2D eigenvalue weighted by molar-refractivity contribution is 7.71. The summed E-state index contributed by atoms with van der Waals surface area (Å²) >= 11 is 0. The van der Waals surface area contributed by atoms with Crippen molar-refractivity contribution in [2.75, 3.05) is 13.2 Å². The van der Waals surface area contributed by atoms with Gasteiger partial charge in [-0.15, -0.1) is 0 Å². The number of carbonyl (C=O) groups excluding carboxylic acids is 1. The zero-order chi connectivity index (χ0) is 22.7. The third kappa shape index (κ3) is 5.80. The summed E-state index contributed by atoms with van der Waals surface area (Å²) in [6.07, 6.45) is -0.396. The molecular formula is C16H25N6O7P. The molecule has 0 aliphatic carbocycles. The van der Waals surface area contributed by atoms with Gasteiger partial charge in [-0.2, -0.15) is 0 Å². The number of amides is 1. The number of hydrogen-bond acceptors (Lipinski definition) is 8. The summed E-state index contributed by atoms with van der Waals surface area (Å²) in [5.74, 6) is 0. The molecule has 1 aromatic rings. The van der Waals surface area contributed by atoms with Gasteiger partial charge in [-0.1, -0.05) is 25.9 Å². The molecular weight excluding hydrogens is 419 g/mol. The Bertz CT molecular complexity index is 1010. The molecule has 1 saturated heterocycles. The van der Waals surface area contributed by atoms with E-state index in [0.717, 1.165) is 4.57 Å². The van der Waals surface area contributed by atoms with Crippen LogP contribution < -0.4 is 17.0 Å². The van der Waals surface area contributed by atoms with Crippen LogP contribution in [0.1, 0.15) is 39.0 Å². The Balaban J connectivity index is 2.19. The van der Waals surface area contributed by atoms with E-state index >= 15 is 0 Å². The summed E-state index contributed by atoms with van der Waals surface area (Å²) in [4.78, 5) is 40.2. The Labute approximate surface area is 171 Å². The zero-order valence-corrected chi connectivity index (χ0v) is 18.0. The lowest BCUT2D eigenvalue weighted by Gasteiger charge is -2.23. The van der Waals surface area contributed by atoms with Crippen LogP contribution in [0.4, 0.5) is 4.79 Å². The fraction of sp³-hybridized carbons (Fsp3) is 0.688. The van der Waals surface area contributed by atoms with Crippen molar-refractivity contribution in [3.8, 4) is 0 Å². The molecule has 4 atom stereocenters. The summed E-state index contributed by atoms with van der Waals surface area (Å²) in [6.45, 7) is 6.47. The number of rotatable bonds is 8. The van der Waals surface area contributed by atoms with Crippen LogP contribution in [0.3, 0.4) is 0 Å². The molecule has 0 aromatic carbocycles. The van der Waals surface area contributed by atoms with Gasteiger partial charge in [-0.25, -0.2) is 9.36 Å². The Morgan fingerprint density at radius 2 is 2.13 bits per heavy atom. The Hall–Kier alpha value is -2.43. The molecule has 3 N–H and O–H groups in total. The first-order valence-electron chi connectivity index (χ1n) is 9.07. The van der Waals surface area contributed by atoms with Crippen LogP contribution >= 0.6 is 7.60 Å². The van der Waals surface area contributed by atoms with Crippen LogP contribution in [-0.2, 0) is 18.3 Å². The summed E-state index contributed by atoms with van der Waals surface area (Å²) in [5, 5.41) is 3.62. The topological polar surface area (TPSA) is 191 Å². The molecule has 1 fully saturated rings. The summed E-state index contributed by atoms with van der Waals surface area (Å²) in [6, 6.07) is -0.789. The van der Waals surface area contributed by atoms with Crippen LogP contribution in [0, 0.1) is 12.3 Å². The molecule has 2 heterocycles. The molecule has 0 saturated carbocycles. The molecule has 1 aliphatic rings. The predicted molar refractivity (Wildman–Crippen MR) is 106 cm³/mol. The summed E-state index contributed by atoms with van der Waals surface area (Å²) in [5.41, 5.74) is 11.4. The fourth-order valence-corrected chi connectivity index (χ4v) is 3.87. The lowest BCUT2D eigenvalue weighted by atomic mass is 9.99. The smallest absolute Gasteiger partial charge is 0.359 e. The minimum Gasteiger partial charge on any atom is -0.359 e. The van der Waals surface area contributed by atoms with Gasteiger partial charge in [0.25, 0.3) is 5.56 Å². The highest BCUT2D eigenvalue weighted by atomic mass is 31.2. The summed E-state index contributed by atoms with van der Waals surface area (Å²) < 4.78 is 30.0. The number of aryl methyl sites for hydroxylation is 1. The molecule has 0 spiro atoms. The molecule has 1 amide bonds. The quantitative estimate of drug-likeness (QED) is 0.265. The Kier molecular flexibility index (Phi) is 7.27. The molecule has 30 heavy (non-hydrogen) atoms. The van der Waals surface area contributed by atoms with Gasteiger partial charge in [-0.05, 0) is 17.9 Å². The largest absolute Gasteiger partial charge is 0.418 e. The third-order valence-electron chi connectivity index (χ3n) is 4.21. The number of aromatic amines is 1. The van der Waals surface area contributed by atoms with E-state index in [1.165, 1.54) is 13.1 Å². The number of nitrogens with two attached hydrogens (primary N) is 1. The van der Waals surface area contributed by atoms with E-state index in [9.17, 15) is 18.9 Å². The number of hydrogen-bond donors (Lipinski definition) is 2. The van der Waals surface area contributed by atoms with Crippen molar-refractivity contribution < 1.29 is 23.1 Å². The Morgan fingerprint density at radius 1 is 1.47 bits per heavy atom. The van der Waals surface area contributed by atoms with Gasteiger partial charge in [0.05, 0.1) is 25.4 Å². The standard InChI is InChI=1S/C16H25N6O7P/c1-9-6-22(15(25)19-13(9)23)12-5-10(20-21-18)11(29-12)7-27-30(26,14(17)24)28-8-16(2,3)4/h6,10-12H,5,7-8H2,1-4H3,(H2,17,24)(H,19,23,25)/t10-,11+,12+,30?/m0/s1. The van der Waals surface area contributed by atoms with E-state index in [4.69, 9.17) is 25.0 Å². The molecule has 2 rings (SSSR count). The monoisotopic (exact) mass is 444 g/mol. The van der Waals surface area contributed by atoms with Crippen molar-refractivity contribution in [2.45, 2.75) is 52.5 Å².